The quantitative estimate of drug-likeness (QED) is 0.916. The lowest BCUT2D eigenvalue weighted by atomic mass is 10.0. The van der Waals surface area contributed by atoms with Gasteiger partial charge in [-0.1, -0.05) is 11.6 Å². The lowest BCUT2D eigenvalue weighted by molar-refractivity contribution is 0.153. The SMILES string of the molecule is Nc1ncnc(-c2cc(Cl)cc(C3=NCCOCC3)c2)n1. The minimum Gasteiger partial charge on any atom is -0.379 e. The molecule has 21 heavy (non-hydrogen) atoms. The van der Waals surface area contributed by atoms with Crippen molar-refractivity contribution in [2.75, 3.05) is 25.5 Å². The fourth-order valence-corrected chi connectivity index (χ4v) is 2.40. The van der Waals surface area contributed by atoms with Crippen molar-refractivity contribution < 1.29 is 4.74 Å². The lowest BCUT2D eigenvalue weighted by Gasteiger charge is -2.08. The Kier molecular flexibility index (Phi) is 4.08. The molecule has 0 atom stereocenters. The van der Waals surface area contributed by atoms with Gasteiger partial charge in [-0.3, -0.25) is 4.99 Å². The Hall–Kier alpha value is -2.05. The number of nitrogen functional groups attached to an aromatic ring is 1. The van der Waals surface area contributed by atoms with Crippen molar-refractivity contribution in [2.45, 2.75) is 6.42 Å². The average Bonchev–Trinajstić information content (AvgIpc) is 2.76. The third-order valence-corrected chi connectivity index (χ3v) is 3.32. The fraction of sp³-hybridized carbons (Fsp3) is 0.286. The van der Waals surface area contributed by atoms with Gasteiger partial charge in [-0.25, -0.2) is 9.97 Å². The second kappa shape index (κ2) is 6.15. The van der Waals surface area contributed by atoms with Gasteiger partial charge in [0.1, 0.15) is 6.33 Å². The van der Waals surface area contributed by atoms with Gasteiger partial charge in [0.15, 0.2) is 5.82 Å². The third kappa shape index (κ3) is 3.34. The largest absolute Gasteiger partial charge is 0.379 e. The Labute approximate surface area is 127 Å². The molecule has 0 radical (unpaired) electrons. The van der Waals surface area contributed by atoms with Crippen molar-refractivity contribution in [3.63, 3.8) is 0 Å². The Morgan fingerprint density at radius 1 is 1.10 bits per heavy atom. The van der Waals surface area contributed by atoms with Gasteiger partial charge in [-0.2, -0.15) is 4.98 Å². The van der Waals surface area contributed by atoms with E-state index in [-0.39, 0.29) is 5.95 Å². The second-order valence-electron chi connectivity index (χ2n) is 4.59. The van der Waals surface area contributed by atoms with Crippen LogP contribution in [-0.2, 0) is 4.74 Å². The van der Waals surface area contributed by atoms with Gasteiger partial charge < -0.3 is 10.5 Å². The number of ether oxygens (including phenoxy) is 1. The lowest BCUT2D eigenvalue weighted by Crippen LogP contribution is -2.04. The van der Waals surface area contributed by atoms with Gasteiger partial charge in [0.25, 0.3) is 0 Å². The summed E-state index contributed by atoms with van der Waals surface area (Å²) in [5.41, 5.74) is 8.34. The first-order valence-corrected chi connectivity index (χ1v) is 6.97. The number of aromatic nitrogens is 3. The Bertz CT molecular complexity index is 689. The number of anilines is 1. The molecule has 7 heteroatoms. The van der Waals surface area contributed by atoms with Crippen molar-refractivity contribution in [2.24, 2.45) is 4.99 Å². The smallest absolute Gasteiger partial charge is 0.223 e. The van der Waals surface area contributed by atoms with Gasteiger partial charge in [-0.15, -0.1) is 0 Å². The Morgan fingerprint density at radius 2 is 1.95 bits per heavy atom. The van der Waals surface area contributed by atoms with Crippen LogP contribution in [0.4, 0.5) is 5.95 Å². The molecule has 1 aliphatic rings. The van der Waals surface area contributed by atoms with E-state index in [1.807, 2.05) is 12.1 Å². The second-order valence-corrected chi connectivity index (χ2v) is 5.02. The molecule has 0 aliphatic carbocycles. The number of benzene rings is 1. The molecule has 108 valence electrons. The van der Waals surface area contributed by atoms with E-state index in [9.17, 15) is 0 Å². The molecule has 0 saturated heterocycles. The minimum atomic E-state index is 0.182. The molecule has 0 spiro atoms. The molecule has 1 aliphatic heterocycles. The fourth-order valence-electron chi connectivity index (χ4n) is 2.16. The van der Waals surface area contributed by atoms with Gasteiger partial charge in [-0.05, 0) is 23.8 Å². The molecule has 0 fully saturated rings. The number of rotatable bonds is 2. The van der Waals surface area contributed by atoms with Crippen molar-refractivity contribution in [1.29, 1.82) is 0 Å². The Balaban J connectivity index is 2.02. The van der Waals surface area contributed by atoms with E-state index in [1.165, 1.54) is 6.33 Å². The van der Waals surface area contributed by atoms with Crippen LogP contribution in [0.5, 0.6) is 0 Å². The molecule has 3 rings (SSSR count). The third-order valence-electron chi connectivity index (χ3n) is 3.10. The molecule has 0 bridgehead atoms. The van der Waals surface area contributed by atoms with Crippen LogP contribution < -0.4 is 5.73 Å². The zero-order valence-corrected chi connectivity index (χ0v) is 12.0. The van der Waals surface area contributed by atoms with Crippen LogP contribution in [0.15, 0.2) is 29.5 Å². The first kappa shape index (κ1) is 13.9. The van der Waals surface area contributed by atoms with Crippen LogP contribution in [0.1, 0.15) is 12.0 Å². The first-order chi connectivity index (χ1) is 10.2. The van der Waals surface area contributed by atoms with Crippen LogP contribution in [0.3, 0.4) is 0 Å². The maximum absolute atomic E-state index is 6.21. The molecule has 2 N–H and O–H groups in total. The van der Waals surface area contributed by atoms with Gasteiger partial charge in [0.2, 0.25) is 5.95 Å². The number of aliphatic imine (C=N–C) groups is 1. The molecule has 6 nitrogen and oxygen atoms in total. The van der Waals surface area contributed by atoms with E-state index >= 15 is 0 Å². The summed E-state index contributed by atoms with van der Waals surface area (Å²) in [6.45, 7) is 1.98. The van der Waals surface area contributed by atoms with Crippen LogP contribution >= 0.6 is 11.6 Å². The number of hydrogen-bond acceptors (Lipinski definition) is 6. The molecule has 1 aromatic carbocycles. The average molecular weight is 304 g/mol. The Morgan fingerprint density at radius 3 is 2.81 bits per heavy atom. The van der Waals surface area contributed by atoms with Crippen molar-refractivity contribution in [1.82, 2.24) is 15.0 Å². The van der Waals surface area contributed by atoms with E-state index in [1.54, 1.807) is 6.07 Å². The highest BCUT2D eigenvalue weighted by Crippen LogP contribution is 2.23. The number of nitrogens with two attached hydrogens (primary N) is 1. The van der Waals surface area contributed by atoms with E-state index < -0.39 is 0 Å². The molecule has 0 unspecified atom stereocenters. The molecule has 0 saturated carbocycles. The summed E-state index contributed by atoms with van der Waals surface area (Å²) in [5.74, 6) is 0.679. The summed E-state index contributed by atoms with van der Waals surface area (Å²) in [7, 11) is 0. The van der Waals surface area contributed by atoms with E-state index in [0.29, 0.717) is 30.6 Å². The number of nitrogens with zero attached hydrogens (tertiary/aromatic N) is 4. The van der Waals surface area contributed by atoms with E-state index in [4.69, 9.17) is 22.1 Å². The van der Waals surface area contributed by atoms with Gasteiger partial charge in [0, 0.05) is 22.7 Å². The zero-order chi connectivity index (χ0) is 14.7. The summed E-state index contributed by atoms with van der Waals surface area (Å²) in [6.07, 6.45) is 2.15. The van der Waals surface area contributed by atoms with Crippen molar-refractivity contribution in [3.8, 4) is 11.4 Å². The molecular formula is C14H14ClN5O. The number of halogens is 1. The van der Waals surface area contributed by atoms with Gasteiger partial charge >= 0.3 is 0 Å². The van der Waals surface area contributed by atoms with Crippen LogP contribution in [0.2, 0.25) is 5.02 Å². The zero-order valence-electron chi connectivity index (χ0n) is 11.3. The summed E-state index contributed by atoms with van der Waals surface area (Å²) in [4.78, 5) is 16.6. The van der Waals surface area contributed by atoms with Crippen LogP contribution in [0, 0.1) is 0 Å². The predicted octanol–water partition coefficient (Wildman–Crippen LogP) is 1.98. The molecular weight excluding hydrogens is 290 g/mol. The standard InChI is InChI=1S/C14H14ClN5O/c15-11-6-9(12-1-3-21-4-2-17-12)5-10(7-11)13-18-8-19-14(16)20-13/h5-8H,1-4H2,(H2,16,18,19,20). The minimum absolute atomic E-state index is 0.182. The molecule has 0 amide bonds. The normalized spacial score (nSPS) is 15.4. The summed E-state index contributed by atoms with van der Waals surface area (Å²) < 4.78 is 5.41. The number of hydrogen-bond donors (Lipinski definition) is 1. The monoisotopic (exact) mass is 303 g/mol. The topological polar surface area (TPSA) is 86.3 Å². The summed E-state index contributed by atoms with van der Waals surface area (Å²) in [6, 6.07) is 5.65. The molecule has 1 aromatic heterocycles. The van der Waals surface area contributed by atoms with E-state index in [2.05, 4.69) is 19.9 Å². The highest BCUT2D eigenvalue weighted by Gasteiger charge is 2.11. The predicted molar refractivity (Wildman–Crippen MR) is 81.5 cm³/mol. The maximum Gasteiger partial charge on any atom is 0.223 e. The summed E-state index contributed by atoms with van der Waals surface area (Å²) >= 11 is 6.21. The van der Waals surface area contributed by atoms with Crippen molar-refractivity contribution in [3.05, 3.63) is 35.1 Å². The summed E-state index contributed by atoms with van der Waals surface area (Å²) in [5, 5.41) is 0.606. The van der Waals surface area contributed by atoms with E-state index in [0.717, 1.165) is 23.3 Å². The highest BCUT2D eigenvalue weighted by molar-refractivity contribution is 6.31. The first-order valence-electron chi connectivity index (χ1n) is 6.59. The highest BCUT2D eigenvalue weighted by atomic mass is 35.5. The van der Waals surface area contributed by atoms with Crippen LogP contribution in [-0.4, -0.2) is 40.4 Å². The molecule has 2 heterocycles. The maximum atomic E-state index is 6.21. The molecule has 2 aromatic rings. The van der Waals surface area contributed by atoms with Gasteiger partial charge in [0.05, 0.1) is 19.8 Å². The van der Waals surface area contributed by atoms with Crippen molar-refractivity contribution >= 4 is 23.3 Å². The van der Waals surface area contributed by atoms with Crippen LogP contribution in [0.25, 0.3) is 11.4 Å².